The van der Waals surface area contributed by atoms with Gasteiger partial charge in [-0.25, -0.2) is 8.42 Å². The van der Waals surface area contributed by atoms with Crippen molar-refractivity contribution < 1.29 is 22.5 Å². The monoisotopic (exact) mass is 609 g/mol. The number of halogens is 2. The van der Waals surface area contributed by atoms with Crippen LogP contribution in [0.15, 0.2) is 94.3 Å². The van der Waals surface area contributed by atoms with Crippen LogP contribution in [0.3, 0.4) is 0 Å². The van der Waals surface area contributed by atoms with E-state index in [1.165, 1.54) is 18.2 Å². The second-order valence-corrected chi connectivity index (χ2v) is 13.0. The molecule has 0 radical (unpaired) electrons. The smallest absolute Gasteiger partial charge is 0.327 e. The van der Waals surface area contributed by atoms with Gasteiger partial charge in [-0.1, -0.05) is 70.8 Å². The quantitative estimate of drug-likeness (QED) is 0.177. The van der Waals surface area contributed by atoms with Gasteiger partial charge in [0.15, 0.2) is 0 Å². The highest BCUT2D eigenvalue weighted by Gasteiger charge is 2.30. The van der Waals surface area contributed by atoms with Crippen molar-refractivity contribution in [3.8, 4) is 22.8 Å². The zero-order chi connectivity index (χ0) is 29.4. The average molecular weight is 611 g/mol. The van der Waals surface area contributed by atoms with Crippen molar-refractivity contribution in [2.45, 2.75) is 31.3 Å². The highest BCUT2D eigenvalue weighted by molar-refractivity contribution is 7.92. The van der Waals surface area contributed by atoms with Crippen molar-refractivity contribution in [2.24, 2.45) is 0 Å². The molecule has 210 valence electrons. The molecule has 5 aromatic rings. The van der Waals surface area contributed by atoms with Gasteiger partial charge < -0.3 is 9.26 Å². The first-order valence-corrected chi connectivity index (χ1v) is 14.7. The Morgan fingerprint density at radius 2 is 1.54 bits per heavy atom. The Balaban J connectivity index is 1.52. The third-order valence-corrected chi connectivity index (χ3v) is 8.12. The number of aromatic nitrogens is 2. The fourth-order valence-electron chi connectivity index (χ4n) is 4.18. The number of ether oxygens (including phenoxy) is 1. The minimum atomic E-state index is -4.26. The van der Waals surface area contributed by atoms with Crippen molar-refractivity contribution in [1.29, 1.82) is 0 Å². The highest BCUT2D eigenvalue weighted by Crippen LogP contribution is 2.32. The second-order valence-electron chi connectivity index (χ2n) is 10.2. The lowest BCUT2D eigenvalue weighted by molar-refractivity contribution is -0.152. The minimum Gasteiger partial charge on any atom is -0.459 e. The number of hydrogen-bond acceptors (Lipinski definition) is 7. The predicted octanol–water partition coefficient (Wildman–Crippen LogP) is 7.40. The van der Waals surface area contributed by atoms with Crippen LogP contribution < -0.4 is 4.31 Å². The van der Waals surface area contributed by atoms with Crippen molar-refractivity contribution in [2.75, 3.05) is 10.8 Å². The maximum absolute atomic E-state index is 13.8. The Morgan fingerprint density at radius 1 is 0.878 bits per heavy atom. The maximum atomic E-state index is 13.8. The molecule has 0 spiro atoms. The van der Waals surface area contributed by atoms with Crippen LogP contribution >= 0.6 is 23.2 Å². The third-order valence-electron chi connectivity index (χ3n) is 5.93. The van der Waals surface area contributed by atoms with Gasteiger partial charge in [0.2, 0.25) is 5.82 Å². The lowest BCUT2D eigenvalue weighted by Crippen LogP contribution is -2.39. The van der Waals surface area contributed by atoms with Gasteiger partial charge in [-0.3, -0.25) is 9.10 Å². The molecule has 0 aliphatic rings. The summed E-state index contributed by atoms with van der Waals surface area (Å²) >= 11 is 12.2. The Kier molecular flexibility index (Phi) is 7.78. The van der Waals surface area contributed by atoms with Crippen LogP contribution in [0.25, 0.3) is 33.6 Å². The Bertz CT molecular complexity index is 1830. The van der Waals surface area contributed by atoms with Gasteiger partial charge >= 0.3 is 5.97 Å². The van der Waals surface area contributed by atoms with E-state index in [2.05, 4.69) is 10.1 Å². The van der Waals surface area contributed by atoms with E-state index in [-0.39, 0.29) is 20.6 Å². The summed E-state index contributed by atoms with van der Waals surface area (Å²) in [7, 11) is -4.26. The third kappa shape index (κ3) is 6.53. The zero-order valence-corrected chi connectivity index (χ0v) is 24.7. The number of carbonyl (C=O) groups is 1. The molecule has 0 saturated carbocycles. The number of esters is 1. The van der Waals surface area contributed by atoms with Crippen LogP contribution in [0.2, 0.25) is 10.0 Å². The molecule has 11 heteroatoms. The van der Waals surface area contributed by atoms with Gasteiger partial charge in [0, 0.05) is 21.2 Å². The predicted molar refractivity (Wildman–Crippen MR) is 160 cm³/mol. The second kappa shape index (κ2) is 11.2. The number of anilines is 1. The van der Waals surface area contributed by atoms with E-state index < -0.39 is 28.1 Å². The van der Waals surface area contributed by atoms with Crippen LogP contribution in [-0.4, -0.2) is 36.7 Å². The SMILES string of the molecule is CC(C)(C)OC(=O)CN(c1ccc2cc(-c3nc(-c4ccccc4)no3)ccc2c1)S(=O)(=O)c1cc(Cl)cc(Cl)c1. The lowest BCUT2D eigenvalue weighted by Gasteiger charge is -2.26. The summed E-state index contributed by atoms with van der Waals surface area (Å²) in [5.41, 5.74) is 0.990. The summed E-state index contributed by atoms with van der Waals surface area (Å²) in [6.07, 6.45) is 0. The number of nitrogens with zero attached hydrogens (tertiary/aromatic N) is 3. The highest BCUT2D eigenvalue weighted by atomic mass is 35.5. The lowest BCUT2D eigenvalue weighted by atomic mass is 10.1. The molecule has 4 aromatic carbocycles. The number of benzene rings is 4. The van der Waals surface area contributed by atoms with Gasteiger partial charge in [-0.15, -0.1) is 0 Å². The summed E-state index contributed by atoms with van der Waals surface area (Å²) in [4.78, 5) is 17.2. The first kappa shape index (κ1) is 28.6. The molecule has 0 saturated heterocycles. The molecule has 0 N–H and O–H groups in total. The molecule has 0 bridgehead atoms. The number of hydrogen-bond donors (Lipinski definition) is 0. The van der Waals surface area contributed by atoms with Gasteiger partial charge in [0.1, 0.15) is 12.1 Å². The molecular weight excluding hydrogens is 585 g/mol. The average Bonchev–Trinajstić information content (AvgIpc) is 3.41. The number of fused-ring (bicyclic) bond motifs is 1. The zero-order valence-electron chi connectivity index (χ0n) is 22.3. The van der Waals surface area contributed by atoms with E-state index in [9.17, 15) is 13.2 Å². The Labute approximate surface area is 247 Å². The van der Waals surface area contributed by atoms with E-state index in [0.717, 1.165) is 20.6 Å². The van der Waals surface area contributed by atoms with E-state index in [4.69, 9.17) is 32.5 Å². The van der Waals surface area contributed by atoms with Crippen molar-refractivity contribution >= 4 is 55.7 Å². The molecule has 0 atom stereocenters. The summed E-state index contributed by atoms with van der Waals surface area (Å²) in [6, 6.07) is 24.0. The van der Waals surface area contributed by atoms with Crippen molar-refractivity contribution in [3.63, 3.8) is 0 Å². The molecular formula is C30H25Cl2N3O5S. The number of rotatable bonds is 7. The topological polar surface area (TPSA) is 103 Å². The van der Waals surface area contributed by atoms with Crippen LogP contribution in [0.5, 0.6) is 0 Å². The van der Waals surface area contributed by atoms with Crippen molar-refractivity contribution in [1.82, 2.24) is 10.1 Å². The summed E-state index contributed by atoms with van der Waals surface area (Å²) < 4.78 is 39.5. The first-order chi connectivity index (χ1) is 19.4. The largest absolute Gasteiger partial charge is 0.459 e. The van der Waals surface area contributed by atoms with Gasteiger partial charge in [0.25, 0.3) is 15.9 Å². The summed E-state index contributed by atoms with van der Waals surface area (Å²) in [5, 5.41) is 5.90. The molecule has 8 nitrogen and oxygen atoms in total. The minimum absolute atomic E-state index is 0.149. The van der Waals surface area contributed by atoms with Gasteiger partial charge in [-0.2, -0.15) is 4.98 Å². The molecule has 0 amide bonds. The first-order valence-electron chi connectivity index (χ1n) is 12.5. The van der Waals surface area contributed by atoms with E-state index in [1.807, 2.05) is 42.5 Å². The number of carbonyl (C=O) groups excluding carboxylic acids is 1. The van der Waals surface area contributed by atoms with Crippen molar-refractivity contribution in [3.05, 3.63) is 95.0 Å². The molecule has 0 aliphatic carbocycles. The van der Waals surface area contributed by atoms with Gasteiger partial charge in [0.05, 0.1) is 10.6 Å². The Morgan fingerprint density at radius 3 is 2.22 bits per heavy atom. The van der Waals surface area contributed by atoms with Crippen LogP contribution in [-0.2, 0) is 19.6 Å². The maximum Gasteiger partial charge on any atom is 0.327 e. The molecule has 0 fully saturated rings. The number of sulfonamides is 1. The summed E-state index contributed by atoms with van der Waals surface area (Å²) in [5.74, 6) is 0.109. The normalized spacial score (nSPS) is 11.9. The van der Waals surface area contributed by atoms with E-state index in [1.54, 1.807) is 45.0 Å². The fraction of sp³-hybridized carbons (Fsp3) is 0.167. The molecule has 0 unspecified atom stereocenters. The van der Waals surface area contributed by atoms with E-state index >= 15 is 0 Å². The van der Waals surface area contributed by atoms with E-state index in [0.29, 0.717) is 17.3 Å². The summed E-state index contributed by atoms with van der Waals surface area (Å²) in [6.45, 7) is 4.57. The van der Waals surface area contributed by atoms with Crippen LogP contribution in [0, 0.1) is 0 Å². The van der Waals surface area contributed by atoms with Crippen LogP contribution in [0.4, 0.5) is 5.69 Å². The Hall–Kier alpha value is -3.92. The molecule has 5 rings (SSSR count). The standard InChI is InChI=1S/C30H25Cl2N3O5S/c1-30(2,3)39-27(36)18-35(41(37,38)26-16-23(31)15-24(32)17-26)25-12-11-20-13-22(10-9-21(20)14-25)29-33-28(34-40-29)19-7-5-4-6-8-19/h4-17H,18H2,1-3H3. The molecule has 41 heavy (non-hydrogen) atoms. The van der Waals surface area contributed by atoms with Crippen LogP contribution in [0.1, 0.15) is 20.8 Å². The molecule has 0 aliphatic heterocycles. The fourth-order valence-corrected chi connectivity index (χ4v) is 6.31. The molecule has 1 heterocycles. The molecule has 1 aromatic heterocycles. The van der Waals surface area contributed by atoms with Gasteiger partial charge in [-0.05, 0) is 74.0 Å².